The van der Waals surface area contributed by atoms with Crippen molar-refractivity contribution in [3.63, 3.8) is 0 Å². The quantitative estimate of drug-likeness (QED) is 0.436. The zero-order chi connectivity index (χ0) is 20.8. The zero-order valence-corrected chi connectivity index (χ0v) is 17.0. The molecule has 8 nitrogen and oxygen atoms in total. The molecular formula is C20H21N5O3S. The third-order valence-electron chi connectivity index (χ3n) is 4.10. The van der Waals surface area contributed by atoms with Crippen LogP contribution in [0.15, 0.2) is 58.8 Å². The van der Waals surface area contributed by atoms with Crippen molar-refractivity contribution < 1.29 is 14.0 Å². The summed E-state index contributed by atoms with van der Waals surface area (Å²) >= 11 is 1.27. The minimum absolute atomic E-state index is 0.143. The molecule has 0 spiro atoms. The minimum Gasteiger partial charge on any atom is -0.469 e. The summed E-state index contributed by atoms with van der Waals surface area (Å²) in [4.78, 5) is 24.1. The van der Waals surface area contributed by atoms with Crippen LogP contribution in [0, 0.1) is 6.92 Å². The highest BCUT2D eigenvalue weighted by Gasteiger charge is 2.17. The molecule has 9 heteroatoms. The summed E-state index contributed by atoms with van der Waals surface area (Å²) in [5.74, 6) is 1.13. The van der Waals surface area contributed by atoms with Gasteiger partial charge in [-0.25, -0.2) is 0 Å². The van der Waals surface area contributed by atoms with E-state index in [0.29, 0.717) is 28.8 Å². The summed E-state index contributed by atoms with van der Waals surface area (Å²) in [6, 6.07) is 8.59. The Kier molecular flexibility index (Phi) is 6.50. The number of benzene rings is 1. The van der Waals surface area contributed by atoms with E-state index in [1.54, 1.807) is 43.7 Å². The van der Waals surface area contributed by atoms with E-state index in [1.807, 2.05) is 17.6 Å². The highest BCUT2D eigenvalue weighted by Crippen LogP contribution is 2.27. The molecule has 0 aliphatic heterocycles. The van der Waals surface area contributed by atoms with Gasteiger partial charge in [0, 0.05) is 24.8 Å². The molecule has 0 aliphatic carbocycles. The number of allylic oxidation sites excluding steroid dienone is 1. The van der Waals surface area contributed by atoms with Crippen molar-refractivity contribution in [1.82, 2.24) is 20.1 Å². The molecule has 0 atom stereocenters. The molecule has 0 unspecified atom stereocenters. The number of nitrogens with one attached hydrogen (secondary N) is 2. The Morgan fingerprint density at radius 1 is 1.31 bits per heavy atom. The van der Waals surface area contributed by atoms with Crippen LogP contribution < -0.4 is 10.6 Å². The van der Waals surface area contributed by atoms with Gasteiger partial charge >= 0.3 is 0 Å². The minimum atomic E-state index is -0.213. The number of thioether (sulfide) groups is 1. The van der Waals surface area contributed by atoms with E-state index in [9.17, 15) is 9.59 Å². The van der Waals surface area contributed by atoms with Crippen LogP contribution in [-0.4, -0.2) is 39.4 Å². The largest absolute Gasteiger partial charge is 0.469 e. The average Bonchev–Trinajstić information content (AvgIpc) is 3.32. The number of nitrogens with zero attached hydrogens (tertiary/aromatic N) is 3. The molecule has 29 heavy (non-hydrogen) atoms. The third kappa shape index (κ3) is 4.75. The molecule has 3 aromatic rings. The number of furan rings is 1. The van der Waals surface area contributed by atoms with Crippen LogP contribution in [0.2, 0.25) is 0 Å². The Morgan fingerprint density at radius 3 is 2.83 bits per heavy atom. The number of amides is 2. The van der Waals surface area contributed by atoms with Crippen LogP contribution >= 0.6 is 11.8 Å². The molecule has 0 fully saturated rings. The van der Waals surface area contributed by atoms with Gasteiger partial charge < -0.3 is 15.1 Å². The van der Waals surface area contributed by atoms with Gasteiger partial charge in [0.05, 0.1) is 17.6 Å². The van der Waals surface area contributed by atoms with Crippen LogP contribution in [0.5, 0.6) is 0 Å². The van der Waals surface area contributed by atoms with Crippen molar-refractivity contribution in [2.45, 2.75) is 18.6 Å². The number of rotatable bonds is 8. The molecular weight excluding hydrogens is 390 g/mol. The Bertz CT molecular complexity index is 1040. The van der Waals surface area contributed by atoms with Gasteiger partial charge in [0.2, 0.25) is 5.91 Å². The third-order valence-corrected chi connectivity index (χ3v) is 5.06. The molecule has 2 N–H and O–H groups in total. The first kappa shape index (κ1) is 20.4. The molecule has 2 aromatic heterocycles. The predicted octanol–water partition coefficient (Wildman–Crippen LogP) is 3.12. The fourth-order valence-electron chi connectivity index (χ4n) is 2.72. The molecule has 1 aromatic carbocycles. The van der Waals surface area contributed by atoms with Gasteiger partial charge in [-0.2, -0.15) is 0 Å². The number of aryl methyl sites for hydroxylation is 1. The summed E-state index contributed by atoms with van der Waals surface area (Å²) in [5.41, 5.74) is 1.88. The average molecular weight is 411 g/mol. The number of carbonyl (C=O) groups excluding carboxylic acids is 2. The number of carbonyl (C=O) groups is 2. The lowest BCUT2D eigenvalue weighted by molar-refractivity contribution is -0.113. The highest BCUT2D eigenvalue weighted by molar-refractivity contribution is 7.99. The van der Waals surface area contributed by atoms with Crippen molar-refractivity contribution in [2.75, 3.05) is 18.1 Å². The van der Waals surface area contributed by atoms with Gasteiger partial charge in [-0.05, 0) is 31.2 Å². The van der Waals surface area contributed by atoms with Crippen molar-refractivity contribution in [1.29, 1.82) is 0 Å². The van der Waals surface area contributed by atoms with Crippen molar-refractivity contribution in [2.24, 2.45) is 0 Å². The van der Waals surface area contributed by atoms with Gasteiger partial charge in [-0.15, -0.1) is 16.8 Å². The standard InChI is InChI=1S/C20H21N5O3S/c1-4-9-25-18(16-8-10-28-13(16)2)23-24-20(25)29-12-17(26)22-15-7-5-6-14(11-15)19(27)21-3/h4-8,10-11H,1,9,12H2,2-3H3,(H,21,27)(H,22,26). The number of aromatic nitrogens is 3. The summed E-state index contributed by atoms with van der Waals surface area (Å²) in [5, 5.41) is 14.4. The molecule has 0 saturated carbocycles. The Hall–Kier alpha value is -3.33. The fourth-order valence-corrected chi connectivity index (χ4v) is 3.46. The fraction of sp³-hybridized carbons (Fsp3) is 0.200. The van der Waals surface area contributed by atoms with Gasteiger partial charge in [-0.3, -0.25) is 14.2 Å². The predicted molar refractivity (Wildman–Crippen MR) is 112 cm³/mol. The molecule has 2 amide bonds. The second-order valence-electron chi connectivity index (χ2n) is 6.09. The van der Waals surface area contributed by atoms with Gasteiger partial charge in [-0.1, -0.05) is 23.9 Å². The summed E-state index contributed by atoms with van der Waals surface area (Å²) in [7, 11) is 1.56. The zero-order valence-electron chi connectivity index (χ0n) is 16.1. The first-order valence-electron chi connectivity index (χ1n) is 8.86. The van der Waals surface area contributed by atoms with Crippen LogP contribution in [0.4, 0.5) is 5.69 Å². The van der Waals surface area contributed by atoms with E-state index in [2.05, 4.69) is 27.4 Å². The second kappa shape index (κ2) is 9.24. The molecule has 0 bridgehead atoms. The van der Waals surface area contributed by atoms with Crippen molar-refractivity contribution >= 4 is 29.3 Å². The van der Waals surface area contributed by atoms with Gasteiger partial charge in [0.1, 0.15) is 5.76 Å². The smallest absolute Gasteiger partial charge is 0.251 e. The van der Waals surface area contributed by atoms with Crippen LogP contribution in [-0.2, 0) is 11.3 Å². The van der Waals surface area contributed by atoms with Gasteiger partial charge in [0.25, 0.3) is 5.91 Å². The van der Waals surface area contributed by atoms with E-state index in [4.69, 9.17) is 4.42 Å². The molecule has 0 radical (unpaired) electrons. The molecule has 150 valence electrons. The Morgan fingerprint density at radius 2 is 2.14 bits per heavy atom. The van der Waals surface area contributed by atoms with E-state index in [0.717, 1.165) is 11.3 Å². The highest BCUT2D eigenvalue weighted by atomic mass is 32.2. The Labute approximate surface area is 172 Å². The van der Waals surface area contributed by atoms with Crippen LogP contribution in [0.1, 0.15) is 16.1 Å². The normalized spacial score (nSPS) is 10.6. The van der Waals surface area contributed by atoms with E-state index < -0.39 is 0 Å². The molecule has 2 heterocycles. The Balaban J connectivity index is 1.69. The molecule has 3 rings (SSSR count). The number of hydrogen-bond acceptors (Lipinski definition) is 6. The number of anilines is 1. The van der Waals surface area contributed by atoms with E-state index in [1.165, 1.54) is 11.8 Å². The van der Waals surface area contributed by atoms with E-state index >= 15 is 0 Å². The maximum absolute atomic E-state index is 12.4. The van der Waals surface area contributed by atoms with E-state index in [-0.39, 0.29) is 17.6 Å². The molecule has 0 aliphatic rings. The number of hydrogen-bond donors (Lipinski definition) is 2. The first-order valence-corrected chi connectivity index (χ1v) is 9.85. The SMILES string of the molecule is C=CCn1c(SCC(=O)Nc2cccc(C(=O)NC)c2)nnc1-c1ccoc1C. The van der Waals surface area contributed by atoms with Crippen LogP contribution in [0.25, 0.3) is 11.4 Å². The summed E-state index contributed by atoms with van der Waals surface area (Å²) in [6.45, 7) is 6.14. The van der Waals surface area contributed by atoms with Crippen molar-refractivity contribution in [3.05, 3.63) is 60.6 Å². The summed E-state index contributed by atoms with van der Waals surface area (Å²) in [6.07, 6.45) is 3.35. The van der Waals surface area contributed by atoms with Gasteiger partial charge in [0.15, 0.2) is 11.0 Å². The summed E-state index contributed by atoms with van der Waals surface area (Å²) < 4.78 is 7.24. The lowest BCUT2D eigenvalue weighted by Gasteiger charge is -2.08. The van der Waals surface area contributed by atoms with Crippen LogP contribution in [0.3, 0.4) is 0 Å². The second-order valence-corrected chi connectivity index (χ2v) is 7.04. The lowest BCUT2D eigenvalue weighted by Crippen LogP contribution is -2.19. The molecule has 0 saturated heterocycles. The monoisotopic (exact) mass is 411 g/mol. The lowest BCUT2D eigenvalue weighted by atomic mass is 10.2. The first-order chi connectivity index (χ1) is 14.0. The maximum atomic E-state index is 12.4. The maximum Gasteiger partial charge on any atom is 0.251 e. The van der Waals surface area contributed by atoms with Crippen molar-refractivity contribution in [3.8, 4) is 11.4 Å². The topological polar surface area (TPSA) is 102 Å².